The van der Waals surface area contributed by atoms with E-state index in [4.69, 9.17) is 28.9 Å². The van der Waals surface area contributed by atoms with Crippen molar-refractivity contribution in [1.82, 2.24) is 9.88 Å². The normalized spacial score (nSPS) is 11.3. The molecule has 0 saturated carbocycles. The molecule has 8 heteroatoms. The van der Waals surface area contributed by atoms with Crippen LogP contribution in [0.25, 0.3) is 10.2 Å². The van der Waals surface area contributed by atoms with Gasteiger partial charge in [0, 0.05) is 13.1 Å². The first kappa shape index (κ1) is 21.0. The number of thiazole rings is 1. The van der Waals surface area contributed by atoms with Crippen molar-refractivity contribution in [3.8, 4) is 0 Å². The van der Waals surface area contributed by atoms with Crippen LogP contribution in [0, 0.1) is 0 Å². The van der Waals surface area contributed by atoms with Gasteiger partial charge in [0.1, 0.15) is 0 Å². The number of carbonyl (C=O) groups is 1. The van der Waals surface area contributed by atoms with E-state index in [-0.39, 0.29) is 12.5 Å². The van der Waals surface area contributed by atoms with E-state index >= 15 is 0 Å². The number of aromatic nitrogens is 1. The average Bonchev–Trinajstić information content (AvgIpc) is 3.11. The summed E-state index contributed by atoms with van der Waals surface area (Å²) >= 11 is 13.6. The minimum atomic E-state index is -0.119. The van der Waals surface area contributed by atoms with Gasteiger partial charge in [0.2, 0.25) is 5.91 Å². The number of halogens is 2. The van der Waals surface area contributed by atoms with Gasteiger partial charge < -0.3 is 10.6 Å². The molecule has 0 radical (unpaired) electrons. The van der Waals surface area contributed by atoms with Gasteiger partial charge in [-0.3, -0.25) is 9.69 Å². The summed E-state index contributed by atoms with van der Waals surface area (Å²) in [6.45, 7) is 2.11. The molecule has 28 heavy (non-hydrogen) atoms. The van der Waals surface area contributed by atoms with Gasteiger partial charge in [0.15, 0.2) is 5.13 Å². The van der Waals surface area contributed by atoms with E-state index in [0.29, 0.717) is 21.7 Å². The highest BCUT2D eigenvalue weighted by Gasteiger charge is 2.18. The molecular formula is C20H22Cl2N4OS. The summed E-state index contributed by atoms with van der Waals surface area (Å²) < 4.78 is 1.06. The van der Waals surface area contributed by atoms with E-state index in [9.17, 15) is 4.79 Å². The van der Waals surface area contributed by atoms with E-state index < -0.39 is 0 Å². The maximum atomic E-state index is 12.4. The van der Waals surface area contributed by atoms with Crippen LogP contribution in [0.1, 0.15) is 12.0 Å². The Balaban J connectivity index is 1.60. The Kier molecular flexibility index (Phi) is 7.26. The van der Waals surface area contributed by atoms with Crippen molar-refractivity contribution in [3.63, 3.8) is 0 Å². The maximum Gasteiger partial charge on any atom is 0.242 e. The van der Waals surface area contributed by atoms with Crippen molar-refractivity contribution in [2.75, 3.05) is 31.6 Å². The monoisotopic (exact) mass is 436 g/mol. The lowest BCUT2D eigenvalue weighted by atomic mass is 10.2. The smallest absolute Gasteiger partial charge is 0.242 e. The van der Waals surface area contributed by atoms with E-state index in [1.807, 2.05) is 49.5 Å². The predicted octanol–water partition coefficient (Wildman–Crippen LogP) is 4.42. The summed E-state index contributed by atoms with van der Waals surface area (Å²) in [7, 11) is 2.04. The van der Waals surface area contributed by atoms with Gasteiger partial charge in [-0.25, -0.2) is 4.98 Å². The fraction of sp³-hybridized carbons (Fsp3) is 0.300. The van der Waals surface area contributed by atoms with Gasteiger partial charge >= 0.3 is 0 Å². The predicted molar refractivity (Wildman–Crippen MR) is 118 cm³/mol. The number of anilines is 1. The zero-order valence-electron chi connectivity index (χ0n) is 15.6. The van der Waals surface area contributed by atoms with Gasteiger partial charge in [0.25, 0.3) is 0 Å². The quantitative estimate of drug-likeness (QED) is 0.567. The molecule has 0 aliphatic heterocycles. The minimum Gasteiger partial charge on any atom is -0.322 e. The molecule has 0 aliphatic carbocycles. The second kappa shape index (κ2) is 9.67. The lowest BCUT2D eigenvalue weighted by Gasteiger charge is -2.22. The van der Waals surface area contributed by atoms with Crippen LogP contribution in [-0.2, 0) is 11.3 Å². The van der Waals surface area contributed by atoms with Crippen molar-refractivity contribution in [1.29, 1.82) is 0 Å². The van der Waals surface area contributed by atoms with Crippen LogP contribution in [0.2, 0.25) is 10.0 Å². The lowest BCUT2D eigenvalue weighted by Crippen LogP contribution is -2.37. The highest BCUT2D eigenvalue weighted by atomic mass is 35.5. The molecule has 1 amide bonds. The Labute approximate surface area is 178 Å². The van der Waals surface area contributed by atoms with Gasteiger partial charge in [0.05, 0.1) is 26.8 Å². The molecule has 0 spiro atoms. The first-order valence-electron chi connectivity index (χ1n) is 8.96. The molecule has 0 atom stereocenters. The SMILES string of the molecule is CN(CCCN(C(=O)CN)c1nc2ccccc2s1)Cc1ccc(Cl)c(Cl)c1. The van der Waals surface area contributed by atoms with Crippen molar-refractivity contribution in [2.24, 2.45) is 5.73 Å². The molecule has 148 valence electrons. The average molecular weight is 437 g/mol. The molecule has 0 bridgehead atoms. The second-order valence-electron chi connectivity index (χ2n) is 6.55. The number of fused-ring (bicyclic) bond motifs is 1. The summed E-state index contributed by atoms with van der Waals surface area (Å²) in [5, 5.41) is 1.81. The topological polar surface area (TPSA) is 62.5 Å². The molecule has 0 unspecified atom stereocenters. The third kappa shape index (κ3) is 5.21. The van der Waals surface area contributed by atoms with Crippen LogP contribution < -0.4 is 10.6 Å². The van der Waals surface area contributed by atoms with Crippen molar-refractivity contribution < 1.29 is 4.79 Å². The second-order valence-corrected chi connectivity index (χ2v) is 8.38. The van der Waals surface area contributed by atoms with Crippen LogP contribution in [0.3, 0.4) is 0 Å². The molecule has 5 nitrogen and oxygen atoms in total. The summed E-state index contributed by atoms with van der Waals surface area (Å²) in [4.78, 5) is 20.8. The number of carbonyl (C=O) groups excluding carboxylic acids is 1. The molecule has 1 heterocycles. The molecule has 0 fully saturated rings. The molecule has 3 rings (SSSR count). The van der Waals surface area contributed by atoms with Crippen LogP contribution in [0.15, 0.2) is 42.5 Å². The fourth-order valence-electron chi connectivity index (χ4n) is 2.94. The maximum absolute atomic E-state index is 12.4. The minimum absolute atomic E-state index is 0.0327. The Morgan fingerprint density at radius 3 is 2.64 bits per heavy atom. The number of benzene rings is 2. The molecule has 2 N–H and O–H groups in total. The summed E-state index contributed by atoms with van der Waals surface area (Å²) in [6.07, 6.45) is 0.805. The van der Waals surface area contributed by atoms with Crippen LogP contribution in [0.5, 0.6) is 0 Å². The summed E-state index contributed by atoms with van der Waals surface area (Å²) in [5.74, 6) is -0.119. The summed E-state index contributed by atoms with van der Waals surface area (Å²) in [6, 6.07) is 13.5. The Bertz CT molecular complexity index is 929. The molecule has 0 saturated heterocycles. The van der Waals surface area contributed by atoms with E-state index in [1.165, 1.54) is 11.3 Å². The first-order chi connectivity index (χ1) is 13.5. The molecule has 2 aromatic carbocycles. The number of nitrogens with zero attached hydrogens (tertiary/aromatic N) is 3. The van der Waals surface area contributed by atoms with Crippen LogP contribution in [-0.4, -0.2) is 42.5 Å². The number of hydrogen-bond acceptors (Lipinski definition) is 5. The molecule has 1 aromatic heterocycles. The highest BCUT2D eigenvalue weighted by Crippen LogP contribution is 2.29. The molecule has 3 aromatic rings. The van der Waals surface area contributed by atoms with E-state index in [1.54, 1.807) is 4.90 Å². The van der Waals surface area contributed by atoms with Crippen molar-refractivity contribution >= 4 is 55.8 Å². The van der Waals surface area contributed by atoms with Crippen LogP contribution >= 0.6 is 34.5 Å². The third-order valence-electron chi connectivity index (χ3n) is 4.35. The van der Waals surface area contributed by atoms with E-state index in [2.05, 4.69) is 9.88 Å². The highest BCUT2D eigenvalue weighted by molar-refractivity contribution is 7.22. The van der Waals surface area contributed by atoms with Gasteiger partial charge in [-0.15, -0.1) is 0 Å². The third-order valence-corrected chi connectivity index (χ3v) is 6.15. The number of rotatable bonds is 8. The zero-order chi connectivity index (χ0) is 20.1. The Hall–Kier alpha value is -1.70. The largest absolute Gasteiger partial charge is 0.322 e. The van der Waals surface area contributed by atoms with E-state index in [0.717, 1.165) is 35.3 Å². The number of nitrogens with two attached hydrogens (primary N) is 1. The van der Waals surface area contributed by atoms with Crippen molar-refractivity contribution in [3.05, 3.63) is 58.1 Å². The van der Waals surface area contributed by atoms with Gasteiger partial charge in [-0.2, -0.15) is 0 Å². The van der Waals surface area contributed by atoms with Crippen molar-refractivity contribution in [2.45, 2.75) is 13.0 Å². The summed E-state index contributed by atoms with van der Waals surface area (Å²) in [5.41, 5.74) is 7.61. The molecular weight excluding hydrogens is 415 g/mol. The fourth-order valence-corrected chi connectivity index (χ4v) is 4.27. The number of para-hydroxylation sites is 1. The Morgan fingerprint density at radius 2 is 1.93 bits per heavy atom. The van der Waals surface area contributed by atoms with Gasteiger partial charge in [-0.05, 0) is 49.8 Å². The number of amides is 1. The Morgan fingerprint density at radius 1 is 1.14 bits per heavy atom. The van der Waals surface area contributed by atoms with Crippen LogP contribution in [0.4, 0.5) is 5.13 Å². The number of hydrogen-bond donors (Lipinski definition) is 1. The van der Waals surface area contributed by atoms with Gasteiger partial charge in [-0.1, -0.05) is 52.7 Å². The first-order valence-corrected chi connectivity index (χ1v) is 10.5. The standard InChI is InChI=1S/C20H22Cl2N4OS/c1-25(13-14-7-8-15(21)16(22)11-14)9-4-10-26(19(27)12-23)20-24-17-5-2-3-6-18(17)28-20/h2-3,5-8,11H,4,9-10,12-13,23H2,1H3. The molecule has 0 aliphatic rings. The zero-order valence-corrected chi connectivity index (χ0v) is 17.9. The lowest BCUT2D eigenvalue weighted by molar-refractivity contribution is -0.117.